The third-order valence-corrected chi connectivity index (χ3v) is 19.3. The van der Waals surface area contributed by atoms with Gasteiger partial charge in [0, 0.05) is 11.1 Å². The fourth-order valence-corrected chi connectivity index (χ4v) is 18.8. The van der Waals surface area contributed by atoms with E-state index < -0.39 is 24.8 Å². The maximum absolute atomic E-state index is 8.49. The van der Waals surface area contributed by atoms with E-state index in [1.807, 2.05) is 0 Å². The van der Waals surface area contributed by atoms with E-state index in [4.69, 9.17) is 18.6 Å². The highest BCUT2D eigenvalue weighted by molar-refractivity contribution is 7.93. The highest BCUT2D eigenvalue weighted by Crippen LogP contribution is 2.68. The van der Waals surface area contributed by atoms with Crippen molar-refractivity contribution in [3.05, 3.63) is 120 Å². The first-order valence-electron chi connectivity index (χ1n) is 15.0. The van der Waals surface area contributed by atoms with Gasteiger partial charge in [-0.15, -0.1) is 10.2 Å². The molecule has 2 unspecified atom stereocenters. The molecular formula is C36H42ClO4P2+. The predicted molar refractivity (Wildman–Crippen MR) is 173 cm³/mol. The maximum Gasteiger partial charge on any atom is 0.103 e. The van der Waals surface area contributed by atoms with Crippen LogP contribution in [0.2, 0.25) is 0 Å². The van der Waals surface area contributed by atoms with Crippen molar-refractivity contribution in [1.82, 2.24) is 0 Å². The van der Waals surface area contributed by atoms with Gasteiger partial charge in [0.2, 0.25) is 0 Å². The van der Waals surface area contributed by atoms with E-state index in [2.05, 4.69) is 137 Å². The Kier molecular flexibility index (Phi) is 9.26. The molecule has 0 radical (unpaired) electrons. The van der Waals surface area contributed by atoms with Gasteiger partial charge in [-0.05, 0) is 60.1 Å². The van der Waals surface area contributed by atoms with Crippen LogP contribution in [0.3, 0.4) is 0 Å². The van der Waals surface area contributed by atoms with E-state index in [9.17, 15) is 0 Å². The summed E-state index contributed by atoms with van der Waals surface area (Å²) in [5.41, 5.74) is 3.67. The quantitative estimate of drug-likeness (QED) is 0.316. The lowest BCUT2D eigenvalue weighted by atomic mass is 9.82. The van der Waals surface area contributed by atoms with Crippen LogP contribution in [-0.2, 0) is 10.8 Å². The first-order valence-corrected chi connectivity index (χ1v) is 20.5. The second-order valence-electron chi connectivity index (χ2n) is 13.2. The van der Waals surface area contributed by atoms with Crippen molar-refractivity contribution in [2.75, 3.05) is 24.6 Å². The summed E-state index contributed by atoms with van der Waals surface area (Å²) in [6.45, 7) is 9.84. The molecule has 0 spiro atoms. The van der Waals surface area contributed by atoms with E-state index >= 15 is 0 Å². The second kappa shape index (κ2) is 12.3. The van der Waals surface area contributed by atoms with Gasteiger partial charge in [-0.25, -0.2) is 18.6 Å². The molecule has 0 aliphatic carbocycles. The van der Waals surface area contributed by atoms with E-state index in [1.54, 1.807) is 32.3 Å². The Morgan fingerprint density at radius 2 is 0.814 bits per heavy atom. The van der Waals surface area contributed by atoms with Crippen molar-refractivity contribution in [2.45, 2.75) is 51.4 Å². The minimum atomic E-state index is -4.94. The Labute approximate surface area is 260 Å². The minimum absolute atomic E-state index is 0.239. The molecule has 0 saturated heterocycles. The van der Waals surface area contributed by atoms with E-state index in [0.717, 1.165) is 0 Å². The smallest absolute Gasteiger partial charge is 0.103 e. The average Bonchev–Trinajstić information content (AvgIpc) is 2.98. The summed E-state index contributed by atoms with van der Waals surface area (Å²) in [7, 11) is -8.06. The normalized spacial score (nSPS) is 23.7. The molecule has 0 saturated carbocycles. The molecule has 7 heteroatoms. The average molecular weight is 636 g/mol. The molecule has 4 nitrogen and oxygen atoms in total. The van der Waals surface area contributed by atoms with Crippen LogP contribution in [0.25, 0.3) is 0 Å². The first kappa shape index (κ1) is 32.3. The van der Waals surface area contributed by atoms with Crippen LogP contribution in [0.15, 0.2) is 109 Å². The summed E-state index contributed by atoms with van der Waals surface area (Å²) in [6, 6.07) is 42.3. The van der Waals surface area contributed by atoms with Crippen LogP contribution in [0.1, 0.15) is 51.7 Å². The zero-order valence-electron chi connectivity index (χ0n) is 25.5. The lowest BCUT2D eigenvalue weighted by molar-refractivity contribution is -2.00. The van der Waals surface area contributed by atoms with Crippen LogP contribution in [0.4, 0.5) is 0 Å². The third kappa shape index (κ3) is 6.63. The van der Waals surface area contributed by atoms with Gasteiger partial charge in [0.25, 0.3) is 0 Å². The van der Waals surface area contributed by atoms with Gasteiger partial charge < -0.3 is 0 Å². The zero-order valence-corrected chi connectivity index (χ0v) is 28.1. The second-order valence-corrected chi connectivity index (χ2v) is 21.6. The monoisotopic (exact) mass is 635 g/mol. The van der Waals surface area contributed by atoms with Crippen LogP contribution >= 0.6 is 14.5 Å². The van der Waals surface area contributed by atoms with Gasteiger partial charge in [0.05, 0.1) is 37.5 Å². The van der Waals surface area contributed by atoms with Crippen LogP contribution in [0, 0.1) is 10.2 Å². The number of fused-ring (bicyclic) bond motifs is 2. The molecule has 0 fully saturated rings. The van der Waals surface area contributed by atoms with Gasteiger partial charge in [0.15, 0.2) is 0 Å². The summed E-state index contributed by atoms with van der Waals surface area (Å²) >= 11 is 0. The molecule has 0 bridgehead atoms. The third-order valence-electron chi connectivity index (χ3n) is 9.79. The molecule has 2 atom stereocenters. The molecule has 0 amide bonds. The molecule has 6 rings (SSSR count). The molecule has 226 valence electrons. The molecule has 43 heavy (non-hydrogen) atoms. The van der Waals surface area contributed by atoms with Crippen molar-refractivity contribution in [1.29, 1.82) is 0 Å². The van der Waals surface area contributed by atoms with Gasteiger partial charge in [-0.2, -0.15) is 0 Å². The van der Waals surface area contributed by atoms with E-state index in [0.29, 0.717) is 0 Å². The highest BCUT2D eigenvalue weighted by atomic mass is 35.7. The standard InChI is InChI=1S/C36H42P2.ClHO4/c1-35(2)23-25-37(29-15-7-5-8-16-29,33-21-13-11-19-31(33)35)27-28-38(30-17-9-6-10-18-30)26-24-36(3,4)32-20-12-14-22-34(32)38;2-1(3,4)5/h5-22H,23-28H2,1-4H3;(H,2,3,4,5)/q+2;/p-1. The Hall–Kier alpha value is -2.13. The summed E-state index contributed by atoms with van der Waals surface area (Å²) in [6.07, 6.45) is 7.80. The first-order chi connectivity index (χ1) is 20.3. The largest absolute Gasteiger partial charge is 0.222 e. The number of hydrogen-bond donors (Lipinski definition) is 0. The SMILES string of the molecule is CC1(C)CC[P+](CC[P+]2(c3ccccc3)CCC(C)(C)c3ccccc32)(c2ccccc2)c2ccccc21.[O-][Cl+3]([O-])([O-])[O-]. The van der Waals surface area contributed by atoms with Gasteiger partial charge in [-0.3, -0.25) is 0 Å². The Bertz CT molecular complexity index is 1420. The van der Waals surface area contributed by atoms with Crippen molar-refractivity contribution in [3.63, 3.8) is 0 Å². The maximum atomic E-state index is 8.49. The van der Waals surface area contributed by atoms with Gasteiger partial charge >= 0.3 is 0 Å². The van der Waals surface area contributed by atoms with E-state index in [-0.39, 0.29) is 10.8 Å². The van der Waals surface area contributed by atoms with Crippen molar-refractivity contribution in [2.24, 2.45) is 0 Å². The molecule has 4 aromatic rings. The molecule has 0 N–H and O–H groups in total. The number of hydrogen-bond acceptors (Lipinski definition) is 4. The van der Waals surface area contributed by atoms with Gasteiger partial charge in [-0.1, -0.05) is 100 Å². The van der Waals surface area contributed by atoms with E-state index in [1.165, 1.54) is 37.5 Å². The van der Waals surface area contributed by atoms with Crippen molar-refractivity contribution >= 4 is 35.7 Å². The Morgan fingerprint density at radius 1 is 0.512 bits per heavy atom. The topological polar surface area (TPSA) is 92.2 Å². The Morgan fingerprint density at radius 3 is 1.16 bits per heavy atom. The molecule has 4 aromatic carbocycles. The van der Waals surface area contributed by atoms with Crippen LogP contribution in [-0.4, -0.2) is 24.6 Å². The fraction of sp³-hybridized carbons (Fsp3) is 0.333. The number of rotatable bonds is 5. The molecule has 2 aliphatic rings. The highest BCUT2D eigenvalue weighted by Gasteiger charge is 2.56. The molecule has 2 aliphatic heterocycles. The van der Waals surface area contributed by atoms with Crippen LogP contribution in [0.5, 0.6) is 0 Å². The molecule has 0 aromatic heterocycles. The van der Waals surface area contributed by atoms with Crippen LogP contribution < -0.4 is 39.9 Å². The summed E-state index contributed by atoms with van der Waals surface area (Å²) in [5, 5.41) is 6.58. The zero-order chi connectivity index (χ0) is 30.9. The summed E-state index contributed by atoms with van der Waals surface area (Å²) < 4.78 is 34.0. The molecule has 2 heterocycles. The van der Waals surface area contributed by atoms with Gasteiger partial charge in [0.1, 0.15) is 22.9 Å². The Balaban J connectivity index is 0.000000682. The van der Waals surface area contributed by atoms with Crippen molar-refractivity contribution < 1.29 is 28.9 Å². The van der Waals surface area contributed by atoms with Crippen molar-refractivity contribution in [3.8, 4) is 0 Å². The number of benzene rings is 4. The fourth-order valence-electron chi connectivity index (χ4n) is 7.32. The molecular weight excluding hydrogens is 594 g/mol. The summed E-state index contributed by atoms with van der Waals surface area (Å²) in [5.74, 6) is 0. The lowest BCUT2D eigenvalue weighted by Crippen LogP contribution is -2.68. The lowest BCUT2D eigenvalue weighted by Gasteiger charge is -2.43. The predicted octanol–water partition coefficient (Wildman–Crippen LogP) is 2.93. The summed E-state index contributed by atoms with van der Waals surface area (Å²) in [4.78, 5) is 0. The number of halogens is 1. The minimum Gasteiger partial charge on any atom is -0.222 e.